The zero-order valence-electron chi connectivity index (χ0n) is 9.33. The molecule has 0 saturated heterocycles. The highest BCUT2D eigenvalue weighted by Gasteiger charge is 2.21. The maximum atomic E-state index is 9.52. The van der Waals surface area contributed by atoms with Gasteiger partial charge in [-0.3, -0.25) is 0 Å². The van der Waals surface area contributed by atoms with E-state index in [1.54, 1.807) is 0 Å². The van der Waals surface area contributed by atoms with Crippen LogP contribution in [0.15, 0.2) is 0 Å². The fourth-order valence-electron chi connectivity index (χ4n) is 2.01. The molecule has 2 N–H and O–H groups in total. The molecule has 0 spiro atoms. The zero-order valence-corrected chi connectivity index (χ0v) is 9.33. The summed E-state index contributed by atoms with van der Waals surface area (Å²) in [4.78, 5) is 0. The lowest BCUT2D eigenvalue weighted by atomic mass is 10.1. The summed E-state index contributed by atoms with van der Waals surface area (Å²) in [6.07, 6.45) is 3.47. The van der Waals surface area contributed by atoms with E-state index < -0.39 is 0 Å². The highest BCUT2D eigenvalue weighted by atomic mass is 16.5. The molecule has 1 aliphatic carbocycles. The third kappa shape index (κ3) is 4.40. The van der Waals surface area contributed by atoms with Gasteiger partial charge in [-0.05, 0) is 32.1 Å². The van der Waals surface area contributed by atoms with Gasteiger partial charge >= 0.3 is 0 Å². The first-order chi connectivity index (χ1) is 6.72. The Labute approximate surface area is 86.8 Å². The number of aliphatic hydroxyl groups excluding tert-OH is 1. The molecule has 0 aromatic heterocycles. The van der Waals surface area contributed by atoms with Crippen molar-refractivity contribution in [1.29, 1.82) is 0 Å². The van der Waals surface area contributed by atoms with Gasteiger partial charge in [0.25, 0.3) is 0 Å². The molecule has 0 aromatic rings. The van der Waals surface area contributed by atoms with E-state index in [0.717, 1.165) is 5.92 Å². The molecule has 3 atom stereocenters. The van der Waals surface area contributed by atoms with Crippen molar-refractivity contribution in [2.45, 2.75) is 45.3 Å². The second-order valence-electron chi connectivity index (χ2n) is 4.34. The molecular formula is C11H23NO2. The number of hydrogen-bond acceptors (Lipinski definition) is 3. The van der Waals surface area contributed by atoms with Crippen LogP contribution < -0.4 is 5.32 Å². The highest BCUT2D eigenvalue weighted by molar-refractivity contribution is 4.79. The van der Waals surface area contributed by atoms with E-state index in [9.17, 15) is 5.11 Å². The Balaban J connectivity index is 2.02. The average molecular weight is 201 g/mol. The van der Waals surface area contributed by atoms with E-state index in [-0.39, 0.29) is 6.10 Å². The molecule has 3 unspecified atom stereocenters. The van der Waals surface area contributed by atoms with Gasteiger partial charge in [0.1, 0.15) is 0 Å². The van der Waals surface area contributed by atoms with E-state index in [1.807, 2.05) is 6.92 Å². The summed E-state index contributed by atoms with van der Waals surface area (Å²) in [5.41, 5.74) is 0. The number of hydrogen-bond donors (Lipinski definition) is 2. The Hall–Kier alpha value is -0.120. The van der Waals surface area contributed by atoms with Crippen LogP contribution in [0.5, 0.6) is 0 Å². The van der Waals surface area contributed by atoms with Crippen molar-refractivity contribution in [1.82, 2.24) is 5.32 Å². The SMILES string of the molecule is CCOCC(O)CNC1CCC(C)C1. The number of nitrogens with one attached hydrogen (secondary N) is 1. The predicted molar refractivity (Wildman–Crippen MR) is 57.3 cm³/mol. The molecule has 0 heterocycles. The number of aliphatic hydroxyl groups is 1. The summed E-state index contributed by atoms with van der Waals surface area (Å²) in [5.74, 6) is 0.844. The second kappa shape index (κ2) is 6.38. The summed E-state index contributed by atoms with van der Waals surface area (Å²) in [5, 5.41) is 12.9. The Bertz CT molecular complexity index is 152. The van der Waals surface area contributed by atoms with Crippen molar-refractivity contribution in [2.24, 2.45) is 5.92 Å². The summed E-state index contributed by atoms with van der Waals surface area (Å²) >= 11 is 0. The molecule has 1 saturated carbocycles. The fourth-order valence-corrected chi connectivity index (χ4v) is 2.01. The summed E-state index contributed by atoms with van der Waals surface area (Å²) in [7, 11) is 0. The molecular weight excluding hydrogens is 178 g/mol. The lowest BCUT2D eigenvalue weighted by molar-refractivity contribution is 0.0414. The van der Waals surface area contributed by atoms with Crippen molar-refractivity contribution in [3.63, 3.8) is 0 Å². The topological polar surface area (TPSA) is 41.5 Å². The maximum absolute atomic E-state index is 9.52. The monoisotopic (exact) mass is 201 g/mol. The minimum atomic E-state index is -0.356. The number of rotatable bonds is 6. The molecule has 1 rings (SSSR count). The van der Waals surface area contributed by atoms with Gasteiger partial charge < -0.3 is 15.2 Å². The molecule has 84 valence electrons. The third-order valence-electron chi connectivity index (χ3n) is 2.85. The predicted octanol–water partition coefficient (Wildman–Crippen LogP) is 1.16. The molecule has 0 amide bonds. The molecule has 0 radical (unpaired) electrons. The molecule has 3 heteroatoms. The van der Waals surface area contributed by atoms with E-state index in [0.29, 0.717) is 25.8 Å². The van der Waals surface area contributed by atoms with Gasteiger partial charge in [0, 0.05) is 19.2 Å². The fraction of sp³-hybridized carbons (Fsp3) is 1.00. The van der Waals surface area contributed by atoms with Gasteiger partial charge in [-0.25, -0.2) is 0 Å². The smallest absolute Gasteiger partial charge is 0.0897 e. The summed E-state index contributed by atoms with van der Waals surface area (Å²) in [6.45, 7) is 6.03. The standard InChI is InChI=1S/C11H23NO2/c1-3-14-8-11(13)7-12-10-5-4-9(2)6-10/h9-13H,3-8H2,1-2H3. The van der Waals surface area contributed by atoms with Crippen molar-refractivity contribution < 1.29 is 9.84 Å². The molecule has 14 heavy (non-hydrogen) atoms. The van der Waals surface area contributed by atoms with Gasteiger partial charge in [-0.1, -0.05) is 6.92 Å². The number of ether oxygens (including phenoxy) is 1. The normalized spacial score (nSPS) is 29.4. The van der Waals surface area contributed by atoms with Gasteiger partial charge in [0.15, 0.2) is 0 Å². The highest BCUT2D eigenvalue weighted by Crippen LogP contribution is 2.24. The van der Waals surface area contributed by atoms with Crippen LogP contribution in [0, 0.1) is 5.92 Å². The van der Waals surface area contributed by atoms with E-state index >= 15 is 0 Å². The van der Waals surface area contributed by atoms with Gasteiger partial charge in [0.05, 0.1) is 12.7 Å². The second-order valence-corrected chi connectivity index (χ2v) is 4.34. The third-order valence-corrected chi connectivity index (χ3v) is 2.85. The van der Waals surface area contributed by atoms with Crippen LogP contribution in [0.25, 0.3) is 0 Å². The first-order valence-corrected chi connectivity index (χ1v) is 5.71. The Kier molecular flexibility index (Phi) is 5.45. The van der Waals surface area contributed by atoms with Crippen molar-refractivity contribution in [3.05, 3.63) is 0 Å². The van der Waals surface area contributed by atoms with Crippen LogP contribution >= 0.6 is 0 Å². The van der Waals surface area contributed by atoms with Crippen LogP contribution in [-0.2, 0) is 4.74 Å². The summed E-state index contributed by atoms with van der Waals surface area (Å²) in [6, 6.07) is 0.612. The molecule has 0 aliphatic heterocycles. The van der Waals surface area contributed by atoms with Crippen LogP contribution in [0.1, 0.15) is 33.1 Å². The van der Waals surface area contributed by atoms with Gasteiger partial charge in [0.2, 0.25) is 0 Å². The van der Waals surface area contributed by atoms with Crippen molar-refractivity contribution in [3.8, 4) is 0 Å². The van der Waals surface area contributed by atoms with E-state index in [1.165, 1.54) is 19.3 Å². The van der Waals surface area contributed by atoms with Gasteiger partial charge in [-0.15, -0.1) is 0 Å². The largest absolute Gasteiger partial charge is 0.389 e. The first-order valence-electron chi connectivity index (χ1n) is 5.71. The lowest BCUT2D eigenvalue weighted by Crippen LogP contribution is -2.36. The van der Waals surface area contributed by atoms with Crippen LogP contribution in [0.2, 0.25) is 0 Å². The first kappa shape index (κ1) is 12.0. The van der Waals surface area contributed by atoms with Crippen molar-refractivity contribution in [2.75, 3.05) is 19.8 Å². The molecule has 0 aromatic carbocycles. The molecule has 1 fully saturated rings. The van der Waals surface area contributed by atoms with Crippen molar-refractivity contribution >= 4 is 0 Å². The van der Waals surface area contributed by atoms with E-state index in [4.69, 9.17) is 4.74 Å². The Morgan fingerprint density at radius 1 is 1.50 bits per heavy atom. The van der Waals surface area contributed by atoms with Gasteiger partial charge in [-0.2, -0.15) is 0 Å². The maximum Gasteiger partial charge on any atom is 0.0897 e. The van der Waals surface area contributed by atoms with Crippen LogP contribution in [-0.4, -0.2) is 37.0 Å². The van der Waals surface area contributed by atoms with Crippen LogP contribution in [0.3, 0.4) is 0 Å². The quantitative estimate of drug-likeness (QED) is 0.677. The van der Waals surface area contributed by atoms with E-state index in [2.05, 4.69) is 12.2 Å². The Morgan fingerprint density at radius 3 is 2.86 bits per heavy atom. The minimum Gasteiger partial charge on any atom is -0.389 e. The average Bonchev–Trinajstić information content (AvgIpc) is 2.58. The molecule has 1 aliphatic rings. The molecule has 0 bridgehead atoms. The molecule has 3 nitrogen and oxygen atoms in total. The van der Waals surface area contributed by atoms with Crippen LogP contribution in [0.4, 0.5) is 0 Å². The Morgan fingerprint density at radius 2 is 2.29 bits per heavy atom. The lowest BCUT2D eigenvalue weighted by Gasteiger charge is -2.16. The summed E-state index contributed by atoms with van der Waals surface area (Å²) < 4.78 is 5.14. The minimum absolute atomic E-state index is 0.356. The zero-order chi connectivity index (χ0) is 10.4.